The Bertz CT molecular complexity index is 622. The van der Waals surface area contributed by atoms with Gasteiger partial charge < -0.3 is 9.64 Å². The largest absolute Gasteiger partial charge is 0.452 e. The Balaban J connectivity index is 1.96. The van der Waals surface area contributed by atoms with Crippen molar-refractivity contribution in [3.63, 3.8) is 0 Å². The Labute approximate surface area is 122 Å². The summed E-state index contributed by atoms with van der Waals surface area (Å²) in [6, 6.07) is 9.26. The number of likely N-dealkylation sites (N-methyl/N-ethyl adjacent to an activating group) is 1. The second-order valence-electron chi connectivity index (χ2n) is 4.45. The van der Waals surface area contributed by atoms with E-state index in [1.54, 1.807) is 18.1 Å². The quantitative estimate of drug-likeness (QED) is 0.784. The van der Waals surface area contributed by atoms with Gasteiger partial charge in [0, 0.05) is 25.5 Å². The van der Waals surface area contributed by atoms with Crippen LogP contribution in [0.4, 0.5) is 5.69 Å². The smallest absolute Gasteiger partial charge is 0.341 e. The predicted octanol–water partition coefficient (Wildman–Crippen LogP) is 1.63. The summed E-state index contributed by atoms with van der Waals surface area (Å²) in [6.45, 7) is 2.08. The Morgan fingerprint density at radius 3 is 2.57 bits per heavy atom. The highest BCUT2D eigenvalue weighted by molar-refractivity contribution is 5.96. The molecule has 0 atom stereocenters. The van der Waals surface area contributed by atoms with Crippen molar-refractivity contribution in [2.45, 2.75) is 6.92 Å². The number of para-hydroxylation sites is 1. The highest BCUT2D eigenvalue weighted by atomic mass is 16.5. The lowest BCUT2D eigenvalue weighted by molar-refractivity contribution is -0.121. The van der Waals surface area contributed by atoms with Gasteiger partial charge in [0.15, 0.2) is 6.61 Å². The topological polar surface area (TPSA) is 64.4 Å². The molecule has 1 aromatic carbocycles. The molecular weight excluding hydrogens is 270 g/mol. The first-order valence-electron chi connectivity index (χ1n) is 6.63. The number of aryl methyl sites for hydroxylation is 1. The fourth-order valence-electron chi connectivity index (χ4n) is 1.93. The predicted molar refractivity (Wildman–Crippen MR) is 78.0 cm³/mol. The maximum absolute atomic E-state index is 12.1. The van der Waals surface area contributed by atoms with Crippen LogP contribution in [0.1, 0.15) is 17.3 Å². The number of carbonyl (C=O) groups excluding carboxylic acids is 2. The van der Waals surface area contributed by atoms with Crippen molar-refractivity contribution in [1.82, 2.24) is 9.78 Å². The number of hydrogen-bond acceptors (Lipinski definition) is 4. The van der Waals surface area contributed by atoms with E-state index >= 15 is 0 Å². The molecule has 0 saturated heterocycles. The van der Waals surface area contributed by atoms with Crippen LogP contribution in [0.3, 0.4) is 0 Å². The van der Waals surface area contributed by atoms with Crippen molar-refractivity contribution in [3.8, 4) is 0 Å². The van der Waals surface area contributed by atoms with Gasteiger partial charge in [-0.1, -0.05) is 18.2 Å². The lowest BCUT2D eigenvalue weighted by Gasteiger charge is -2.20. The summed E-state index contributed by atoms with van der Waals surface area (Å²) in [5.41, 5.74) is 1.11. The fourth-order valence-corrected chi connectivity index (χ4v) is 1.93. The Kier molecular flexibility index (Phi) is 4.71. The summed E-state index contributed by atoms with van der Waals surface area (Å²) in [4.78, 5) is 25.5. The minimum Gasteiger partial charge on any atom is -0.452 e. The van der Waals surface area contributed by atoms with E-state index in [2.05, 4.69) is 5.10 Å². The van der Waals surface area contributed by atoms with E-state index in [4.69, 9.17) is 4.74 Å². The van der Waals surface area contributed by atoms with Crippen LogP contribution in [-0.2, 0) is 16.6 Å². The number of hydrogen-bond donors (Lipinski definition) is 0. The fraction of sp³-hybridized carbons (Fsp3) is 0.267. The van der Waals surface area contributed by atoms with E-state index < -0.39 is 5.97 Å². The molecule has 0 unspecified atom stereocenters. The second-order valence-corrected chi connectivity index (χ2v) is 4.45. The van der Waals surface area contributed by atoms with Crippen molar-refractivity contribution in [1.29, 1.82) is 0 Å². The zero-order valence-corrected chi connectivity index (χ0v) is 12.0. The van der Waals surface area contributed by atoms with Crippen molar-refractivity contribution in [2.24, 2.45) is 7.05 Å². The monoisotopic (exact) mass is 287 g/mol. The summed E-state index contributed by atoms with van der Waals surface area (Å²) in [5, 5.41) is 3.88. The molecule has 0 aliphatic heterocycles. The third-order valence-corrected chi connectivity index (χ3v) is 2.95. The van der Waals surface area contributed by atoms with Gasteiger partial charge in [-0.2, -0.15) is 5.10 Å². The highest BCUT2D eigenvalue weighted by Gasteiger charge is 2.17. The average molecular weight is 287 g/mol. The van der Waals surface area contributed by atoms with Crippen molar-refractivity contribution >= 4 is 17.6 Å². The molecular formula is C15H17N3O3. The van der Waals surface area contributed by atoms with Gasteiger partial charge in [0.05, 0.1) is 11.8 Å². The molecule has 110 valence electrons. The van der Waals surface area contributed by atoms with Gasteiger partial charge in [-0.3, -0.25) is 9.48 Å². The molecule has 0 aliphatic carbocycles. The van der Waals surface area contributed by atoms with Crippen LogP contribution in [0.5, 0.6) is 0 Å². The standard InChI is InChI=1S/C15H17N3O3/c1-3-18(13-7-5-4-6-8-13)14(19)11-21-15(20)12-9-16-17(2)10-12/h4-10H,3,11H2,1-2H3. The molecule has 1 aromatic heterocycles. The van der Waals surface area contributed by atoms with Gasteiger partial charge in [-0.05, 0) is 19.1 Å². The number of rotatable bonds is 5. The number of nitrogens with zero attached hydrogens (tertiary/aromatic N) is 3. The molecule has 1 heterocycles. The van der Waals surface area contributed by atoms with E-state index in [0.717, 1.165) is 5.69 Å². The van der Waals surface area contributed by atoms with Crippen LogP contribution in [0, 0.1) is 0 Å². The Hall–Kier alpha value is -2.63. The van der Waals surface area contributed by atoms with Crippen LogP contribution in [0.2, 0.25) is 0 Å². The van der Waals surface area contributed by atoms with Crippen LogP contribution in [0.15, 0.2) is 42.7 Å². The van der Waals surface area contributed by atoms with Crippen molar-refractivity contribution < 1.29 is 14.3 Å². The summed E-state index contributed by atoms with van der Waals surface area (Å²) in [5.74, 6) is -0.818. The summed E-state index contributed by atoms with van der Waals surface area (Å²) in [6.07, 6.45) is 2.95. The zero-order chi connectivity index (χ0) is 15.2. The summed E-state index contributed by atoms with van der Waals surface area (Å²) in [7, 11) is 1.70. The SMILES string of the molecule is CCN(C(=O)COC(=O)c1cnn(C)c1)c1ccccc1. The van der Waals surface area contributed by atoms with Crippen molar-refractivity contribution in [3.05, 3.63) is 48.3 Å². The first kappa shape index (κ1) is 14.8. The Morgan fingerprint density at radius 1 is 1.29 bits per heavy atom. The molecule has 6 heteroatoms. The molecule has 1 amide bonds. The van der Waals surface area contributed by atoms with Gasteiger partial charge in [0.1, 0.15) is 0 Å². The lowest BCUT2D eigenvalue weighted by atomic mass is 10.3. The zero-order valence-electron chi connectivity index (χ0n) is 12.0. The van der Waals surface area contributed by atoms with E-state index in [1.807, 2.05) is 37.3 Å². The number of ether oxygens (including phenoxy) is 1. The minimum atomic E-state index is -0.555. The molecule has 0 N–H and O–H groups in total. The number of carbonyl (C=O) groups is 2. The summed E-state index contributed by atoms with van der Waals surface area (Å²) < 4.78 is 6.52. The van der Waals surface area contributed by atoms with E-state index in [0.29, 0.717) is 12.1 Å². The van der Waals surface area contributed by atoms with Gasteiger partial charge in [-0.25, -0.2) is 4.79 Å². The maximum atomic E-state index is 12.1. The first-order chi connectivity index (χ1) is 10.1. The minimum absolute atomic E-state index is 0.263. The van der Waals surface area contributed by atoms with Crippen LogP contribution in [0.25, 0.3) is 0 Å². The molecule has 6 nitrogen and oxygen atoms in total. The molecule has 0 aliphatic rings. The lowest BCUT2D eigenvalue weighted by Crippen LogP contribution is -2.34. The average Bonchev–Trinajstić information content (AvgIpc) is 2.93. The number of esters is 1. The first-order valence-corrected chi connectivity index (χ1v) is 6.63. The maximum Gasteiger partial charge on any atom is 0.341 e. The highest BCUT2D eigenvalue weighted by Crippen LogP contribution is 2.13. The molecule has 2 aromatic rings. The third-order valence-electron chi connectivity index (χ3n) is 2.95. The van der Waals surface area contributed by atoms with Crippen LogP contribution >= 0.6 is 0 Å². The summed E-state index contributed by atoms with van der Waals surface area (Å²) >= 11 is 0. The van der Waals surface area contributed by atoms with E-state index in [9.17, 15) is 9.59 Å². The Morgan fingerprint density at radius 2 is 2.00 bits per heavy atom. The van der Waals surface area contributed by atoms with Crippen LogP contribution < -0.4 is 4.90 Å². The molecule has 2 rings (SSSR count). The number of amides is 1. The normalized spacial score (nSPS) is 10.2. The van der Waals surface area contributed by atoms with E-state index in [-0.39, 0.29) is 12.5 Å². The van der Waals surface area contributed by atoms with Gasteiger partial charge in [-0.15, -0.1) is 0 Å². The molecule has 21 heavy (non-hydrogen) atoms. The molecule has 0 radical (unpaired) electrons. The van der Waals surface area contributed by atoms with Gasteiger partial charge in [0.2, 0.25) is 0 Å². The second kappa shape index (κ2) is 6.69. The molecule has 0 spiro atoms. The van der Waals surface area contributed by atoms with Gasteiger partial charge in [0.25, 0.3) is 5.91 Å². The number of aromatic nitrogens is 2. The van der Waals surface area contributed by atoms with Crippen molar-refractivity contribution in [2.75, 3.05) is 18.1 Å². The molecule has 0 bridgehead atoms. The molecule has 0 fully saturated rings. The number of benzene rings is 1. The molecule has 0 saturated carbocycles. The number of anilines is 1. The van der Waals surface area contributed by atoms with Crippen LogP contribution in [-0.4, -0.2) is 34.8 Å². The van der Waals surface area contributed by atoms with Gasteiger partial charge >= 0.3 is 5.97 Å². The third kappa shape index (κ3) is 3.68. The van der Waals surface area contributed by atoms with E-state index in [1.165, 1.54) is 10.9 Å².